The summed E-state index contributed by atoms with van der Waals surface area (Å²) in [6.45, 7) is 0. The summed E-state index contributed by atoms with van der Waals surface area (Å²) in [5.41, 5.74) is 1.30. The predicted octanol–water partition coefficient (Wildman–Crippen LogP) is 1.81. The molecular weight excluding hydrogens is 222 g/mol. The average Bonchev–Trinajstić information content (AvgIpc) is 2.80. The van der Waals surface area contributed by atoms with Crippen molar-refractivity contribution in [1.29, 1.82) is 0 Å². The Kier molecular flexibility index (Phi) is 2.82. The fraction of sp³-hybridized carbons (Fsp3) is 0.167. The van der Waals surface area contributed by atoms with Crippen LogP contribution in [0.3, 0.4) is 0 Å². The summed E-state index contributed by atoms with van der Waals surface area (Å²) in [7, 11) is 2.99. The second-order valence-corrected chi connectivity index (χ2v) is 3.44. The fourth-order valence-corrected chi connectivity index (χ4v) is 1.80. The van der Waals surface area contributed by atoms with Crippen molar-refractivity contribution in [2.45, 2.75) is 0 Å². The van der Waals surface area contributed by atoms with Gasteiger partial charge in [-0.15, -0.1) is 0 Å². The van der Waals surface area contributed by atoms with Crippen LogP contribution in [0.25, 0.3) is 10.9 Å². The lowest BCUT2D eigenvalue weighted by Gasteiger charge is -2.08. The van der Waals surface area contributed by atoms with Gasteiger partial charge in [0.05, 0.1) is 31.0 Å². The van der Waals surface area contributed by atoms with Crippen LogP contribution in [0.15, 0.2) is 12.1 Å². The Bertz CT molecular complexity index is 586. The fourth-order valence-electron chi connectivity index (χ4n) is 1.80. The van der Waals surface area contributed by atoms with E-state index in [1.54, 1.807) is 12.1 Å². The van der Waals surface area contributed by atoms with Crippen LogP contribution in [0.1, 0.15) is 20.8 Å². The van der Waals surface area contributed by atoms with Gasteiger partial charge >= 0.3 is 0 Å². The Morgan fingerprint density at radius 2 is 1.76 bits per heavy atom. The molecule has 0 radical (unpaired) electrons. The van der Waals surface area contributed by atoms with Crippen molar-refractivity contribution in [2.75, 3.05) is 14.2 Å². The Morgan fingerprint density at radius 3 is 2.29 bits per heavy atom. The van der Waals surface area contributed by atoms with Crippen LogP contribution in [-0.4, -0.2) is 31.8 Å². The number of ether oxygens (including phenoxy) is 2. The number of aromatic amines is 1. The molecule has 88 valence electrons. The smallest absolute Gasteiger partial charge is 0.166 e. The molecule has 0 bridgehead atoms. The van der Waals surface area contributed by atoms with Crippen LogP contribution < -0.4 is 9.47 Å². The number of H-pyrrole nitrogens is 1. The van der Waals surface area contributed by atoms with E-state index in [2.05, 4.69) is 4.98 Å². The second kappa shape index (κ2) is 4.29. The maximum Gasteiger partial charge on any atom is 0.166 e. The number of methoxy groups -OCH3 is 2. The van der Waals surface area contributed by atoms with E-state index in [1.165, 1.54) is 14.2 Å². The molecule has 0 fully saturated rings. The molecule has 1 heterocycles. The Morgan fingerprint density at radius 1 is 1.06 bits per heavy atom. The average molecular weight is 233 g/mol. The zero-order valence-corrected chi connectivity index (χ0v) is 9.44. The molecule has 5 nitrogen and oxygen atoms in total. The minimum absolute atomic E-state index is 0.372. The van der Waals surface area contributed by atoms with Crippen molar-refractivity contribution >= 4 is 23.5 Å². The van der Waals surface area contributed by atoms with E-state index in [9.17, 15) is 9.59 Å². The standard InChI is InChI=1S/C12H11NO4/c1-16-10-4-11(17-2)9(6-15)12-8(10)3-7(5-14)13-12/h3-6,13H,1-2H3. The lowest BCUT2D eigenvalue weighted by Crippen LogP contribution is -1.94. The van der Waals surface area contributed by atoms with Gasteiger partial charge in [-0.2, -0.15) is 0 Å². The molecular formula is C12H11NO4. The van der Waals surface area contributed by atoms with E-state index in [0.717, 1.165) is 0 Å². The van der Waals surface area contributed by atoms with E-state index >= 15 is 0 Å². The molecule has 1 N–H and O–H groups in total. The van der Waals surface area contributed by atoms with Crippen molar-refractivity contribution in [3.8, 4) is 11.5 Å². The number of nitrogens with one attached hydrogen (secondary N) is 1. The van der Waals surface area contributed by atoms with E-state index in [4.69, 9.17) is 9.47 Å². The molecule has 0 aliphatic heterocycles. The van der Waals surface area contributed by atoms with Gasteiger partial charge in [-0.05, 0) is 6.07 Å². The summed E-state index contributed by atoms with van der Waals surface area (Å²) in [4.78, 5) is 24.7. The number of aldehydes is 2. The van der Waals surface area contributed by atoms with Gasteiger partial charge in [0.2, 0.25) is 0 Å². The van der Waals surface area contributed by atoms with Crippen LogP contribution >= 0.6 is 0 Å². The molecule has 1 aromatic heterocycles. The maximum atomic E-state index is 11.1. The number of hydrogen-bond acceptors (Lipinski definition) is 4. The number of aromatic nitrogens is 1. The van der Waals surface area contributed by atoms with Gasteiger partial charge in [0.15, 0.2) is 12.6 Å². The van der Waals surface area contributed by atoms with Gasteiger partial charge in [-0.1, -0.05) is 0 Å². The first-order chi connectivity index (χ1) is 8.24. The summed E-state index contributed by atoms with van der Waals surface area (Å²) in [5.74, 6) is 0.954. The third-order valence-electron chi connectivity index (χ3n) is 2.59. The molecule has 5 heteroatoms. The predicted molar refractivity (Wildman–Crippen MR) is 62.2 cm³/mol. The van der Waals surface area contributed by atoms with E-state index in [1.807, 2.05) is 0 Å². The molecule has 0 atom stereocenters. The second-order valence-electron chi connectivity index (χ2n) is 3.44. The summed E-state index contributed by atoms with van der Waals surface area (Å²) in [6, 6.07) is 3.25. The minimum Gasteiger partial charge on any atom is -0.496 e. The lowest BCUT2D eigenvalue weighted by atomic mass is 10.1. The monoisotopic (exact) mass is 233 g/mol. The number of carbonyl (C=O) groups is 2. The molecule has 1 aromatic carbocycles. The van der Waals surface area contributed by atoms with Crippen molar-refractivity contribution in [3.63, 3.8) is 0 Å². The van der Waals surface area contributed by atoms with Gasteiger partial charge in [0, 0.05) is 11.5 Å². The lowest BCUT2D eigenvalue weighted by molar-refractivity contribution is 0.111. The first-order valence-corrected chi connectivity index (χ1v) is 4.93. The molecule has 0 unspecified atom stereocenters. The maximum absolute atomic E-state index is 11.1. The van der Waals surface area contributed by atoms with Crippen LogP contribution in [0.4, 0.5) is 0 Å². The Balaban J connectivity index is 2.87. The van der Waals surface area contributed by atoms with Crippen molar-refractivity contribution < 1.29 is 19.1 Å². The summed E-state index contributed by atoms with van der Waals surface area (Å²) < 4.78 is 10.3. The molecule has 0 aliphatic rings. The highest BCUT2D eigenvalue weighted by molar-refractivity contribution is 6.04. The van der Waals surface area contributed by atoms with E-state index in [0.29, 0.717) is 46.2 Å². The summed E-state index contributed by atoms with van der Waals surface area (Å²) in [6.07, 6.45) is 1.37. The first kappa shape index (κ1) is 11.2. The molecule has 0 saturated heterocycles. The van der Waals surface area contributed by atoms with E-state index in [-0.39, 0.29) is 0 Å². The number of fused-ring (bicyclic) bond motifs is 1. The number of hydrogen-bond donors (Lipinski definition) is 1. The van der Waals surface area contributed by atoms with Crippen LogP contribution in [0, 0.1) is 0 Å². The van der Waals surface area contributed by atoms with Crippen LogP contribution in [0.5, 0.6) is 11.5 Å². The normalized spacial score (nSPS) is 10.2. The molecule has 17 heavy (non-hydrogen) atoms. The zero-order chi connectivity index (χ0) is 12.4. The third kappa shape index (κ3) is 1.65. The highest BCUT2D eigenvalue weighted by Gasteiger charge is 2.15. The van der Waals surface area contributed by atoms with Gasteiger partial charge < -0.3 is 14.5 Å². The Labute approximate surface area is 97.3 Å². The SMILES string of the molecule is COc1cc(OC)c2cc(C=O)[nH]c2c1C=O. The minimum atomic E-state index is 0.372. The van der Waals surface area contributed by atoms with Crippen molar-refractivity contribution in [1.82, 2.24) is 4.98 Å². The molecule has 0 aliphatic carbocycles. The van der Waals surface area contributed by atoms with Gasteiger partial charge in [-0.3, -0.25) is 9.59 Å². The number of benzene rings is 1. The summed E-state index contributed by atoms with van der Waals surface area (Å²) >= 11 is 0. The Hall–Kier alpha value is -2.30. The van der Waals surface area contributed by atoms with Gasteiger partial charge in [0.25, 0.3) is 0 Å². The van der Waals surface area contributed by atoms with E-state index < -0.39 is 0 Å². The molecule has 2 rings (SSSR count). The molecule has 2 aromatic rings. The van der Waals surface area contributed by atoms with Crippen molar-refractivity contribution in [3.05, 3.63) is 23.4 Å². The highest BCUT2D eigenvalue weighted by atomic mass is 16.5. The van der Waals surface area contributed by atoms with Crippen LogP contribution in [-0.2, 0) is 0 Å². The van der Waals surface area contributed by atoms with Crippen LogP contribution in [0.2, 0.25) is 0 Å². The van der Waals surface area contributed by atoms with Gasteiger partial charge in [-0.25, -0.2) is 0 Å². The number of rotatable bonds is 4. The highest BCUT2D eigenvalue weighted by Crippen LogP contribution is 2.34. The zero-order valence-electron chi connectivity index (χ0n) is 9.44. The van der Waals surface area contributed by atoms with Crippen molar-refractivity contribution in [2.24, 2.45) is 0 Å². The molecule has 0 saturated carbocycles. The topological polar surface area (TPSA) is 68.4 Å². The summed E-state index contributed by atoms with van der Waals surface area (Å²) in [5, 5.41) is 0.678. The third-order valence-corrected chi connectivity index (χ3v) is 2.59. The first-order valence-electron chi connectivity index (χ1n) is 4.93. The molecule has 0 spiro atoms. The largest absolute Gasteiger partial charge is 0.496 e. The number of carbonyl (C=O) groups excluding carboxylic acids is 2. The quantitative estimate of drug-likeness (QED) is 0.818. The van der Waals surface area contributed by atoms with Gasteiger partial charge in [0.1, 0.15) is 11.5 Å². The molecule has 0 amide bonds.